The molecule has 14 nitrogen and oxygen atoms in total. The third kappa shape index (κ3) is 10.4. The van der Waals surface area contributed by atoms with E-state index in [0.717, 1.165) is 88.0 Å². The molecule has 2 saturated heterocycles. The number of anilines is 2. The molecular weight excluding hydrogens is 800 g/mol. The van der Waals surface area contributed by atoms with Crippen LogP contribution in [0.15, 0.2) is 89.1 Å². The average molecular weight is 857 g/mol. The highest BCUT2D eigenvalue weighted by molar-refractivity contribution is 7.90. The first-order chi connectivity index (χ1) is 29.0. The molecule has 61 heavy (non-hydrogen) atoms. The summed E-state index contributed by atoms with van der Waals surface area (Å²) in [4.78, 5) is 38.9. The third-order valence-electron chi connectivity index (χ3n) is 12.3. The van der Waals surface area contributed by atoms with Crippen LogP contribution in [0, 0.1) is 15.5 Å². The Balaban J connectivity index is 1.09. The highest BCUT2D eigenvalue weighted by Gasteiger charge is 2.35. The smallest absolute Gasteiger partial charge is 0.293 e. The number of hydrogen-bond acceptors (Lipinski definition) is 11. The van der Waals surface area contributed by atoms with Crippen molar-refractivity contribution in [2.45, 2.75) is 76.3 Å². The first kappa shape index (κ1) is 43.8. The van der Waals surface area contributed by atoms with Crippen LogP contribution in [0.25, 0.3) is 11.0 Å². The lowest BCUT2D eigenvalue weighted by atomic mass is 9.72. The van der Waals surface area contributed by atoms with E-state index in [1.807, 2.05) is 18.0 Å². The minimum absolute atomic E-state index is 0.0240. The number of rotatable bonds is 15. The van der Waals surface area contributed by atoms with Gasteiger partial charge in [0.2, 0.25) is 0 Å². The van der Waals surface area contributed by atoms with Gasteiger partial charge in [-0.2, -0.15) is 0 Å². The van der Waals surface area contributed by atoms with E-state index in [-0.39, 0.29) is 41.8 Å². The van der Waals surface area contributed by atoms with Gasteiger partial charge in [0.1, 0.15) is 28.5 Å². The number of likely N-dealkylation sites (tertiary alicyclic amines) is 1. The van der Waals surface area contributed by atoms with Crippen molar-refractivity contribution in [3.05, 3.63) is 99.9 Å². The molecule has 3 N–H and O–H groups in total. The molecule has 16 heteroatoms. The summed E-state index contributed by atoms with van der Waals surface area (Å²) in [5.74, 6) is -0.541. The molecule has 1 amide bonds. The van der Waals surface area contributed by atoms with Crippen molar-refractivity contribution in [3.63, 3.8) is 0 Å². The number of nitro benzene ring substituents is 1. The quantitative estimate of drug-likeness (QED) is 0.0779. The van der Waals surface area contributed by atoms with Gasteiger partial charge in [0.05, 0.1) is 21.6 Å². The Hall–Kier alpha value is -5.32. The fourth-order valence-corrected chi connectivity index (χ4v) is 9.50. The SMILES string of the molecule is C=C(CCC)C1=C(CN2CCN(c3ccc(C(=O)NS(=O)(=O)c4ccc(NCC5(F)CCN(C)CC5)c([N+](=O)[O-])c4)c(Oc4cnc5[nH]ccc5c4)c3)CC2)CCC(C)(C)C1. The lowest BCUT2D eigenvalue weighted by molar-refractivity contribution is -0.384. The summed E-state index contributed by atoms with van der Waals surface area (Å²) in [5.41, 5.74) is 3.72. The zero-order valence-electron chi connectivity index (χ0n) is 35.6. The number of hydrogen-bond donors (Lipinski definition) is 3. The number of amides is 1. The molecule has 0 radical (unpaired) electrons. The number of nitrogens with one attached hydrogen (secondary N) is 3. The predicted molar refractivity (Wildman–Crippen MR) is 237 cm³/mol. The van der Waals surface area contributed by atoms with Gasteiger partial charge in [0, 0.05) is 81.8 Å². The Labute approximate surface area is 357 Å². The van der Waals surface area contributed by atoms with Gasteiger partial charge in [-0.3, -0.25) is 19.8 Å². The molecule has 0 spiro atoms. The topological polar surface area (TPSA) is 166 Å². The van der Waals surface area contributed by atoms with E-state index in [1.54, 1.807) is 24.4 Å². The van der Waals surface area contributed by atoms with Crippen LogP contribution in [0.5, 0.6) is 11.5 Å². The number of H-pyrrole nitrogens is 1. The molecule has 0 atom stereocenters. The monoisotopic (exact) mass is 856 g/mol. The standard InChI is InChI=1S/C45H57FN8O6S/c1-6-7-31(2)38-27-44(3,4)14-12-33(38)29-52-20-22-53(23-21-52)34-8-10-37(41(25-34)60-35-24-32-13-17-47-42(32)48-28-35)43(55)50-61(58,59)36-9-11-39(40(26-36)54(56)57)49-30-45(46)15-18-51(5)19-16-45/h8-11,13,17,24-26,28,49H,2,6-7,12,14-16,18-23,27,29-30H2,1,3-5H3,(H,47,48)(H,50,55). The number of sulfonamides is 1. The van der Waals surface area contributed by atoms with Gasteiger partial charge in [0.15, 0.2) is 0 Å². The number of fused-ring (bicyclic) bond motifs is 1. The molecule has 2 aromatic heterocycles. The minimum atomic E-state index is -4.62. The van der Waals surface area contributed by atoms with Crippen LogP contribution in [0.3, 0.4) is 0 Å². The maximum absolute atomic E-state index is 15.4. The lowest BCUT2D eigenvalue weighted by Gasteiger charge is -2.39. The van der Waals surface area contributed by atoms with Gasteiger partial charge in [0.25, 0.3) is 21.6 Å². The molecule has 4 heterocycles. The number of nitro groups is 1. The number of piperazine rings is 1. The van der Waals surface area contributed by atoms with Crippen molar-refractivity contribution in [1.82, 2.24) is 24.5 Å². The number of pyridine rings is 1. The molecule has 0 bridgehead atoms. The van der Waals surface area contributed by atoms with Gasteiger partial charge in [-0.15, -0.1) is 0 Å². The van der Waals surface area contributed by atoms with E-state index in [1.165, 1.54) is 35.0 Å². The number of allylic oxidation sites excluding steroid dienone is 2. The second-order valence-electron chi connectivity index (χ2n) is 17.6. The van der Waals surface area contributed by atoms with Gasteiger partial charge >= 0.3 is 0 Å². The Kier molecular flexibility index (Phi) is 12.9. The van der Waals surface area contributed by atoms with Gasteiger partial charge < -0.3 is 24.8 Å². The molecule has 2 aliphatic heterocycles. The average Bonchev–Trinajstić information content (AvgIpc) is 3.70. The molecule has 0 saturated carbocycles. The van der Waals surface area contributed by atoms with Gasteiger partial charge in [-0.25, -0.2) is 22.5 Å². The number of piperidine rings is 1. The first-order valence-corrected chi connectivity index (χ1v) is 22.6. The minimum Gasteiger partial charge on any atom is -0.455 e. The fraction of sp³-hybridized carbons (Fsp3) is 0.467. The summed E-state index contributed by atoms with van der Waals surface area (Å²) < 4.78 is 51.2. The number of carbonyl (C=O) groups is 1. The molecule has 2 aromatic carbocycles. The van der Waals surface area contributed by atoms with E-state index in [4.69, 9.17) is 4.74 Å². The van der Waals surface area contributed by atoms with Gasteiger partial charge in [-0.05, 0) is 93.0 Å². The van der Waals surface area contributed by atoms with Crippen LogP contribution >= 0.6 is 0 Å². The number of aromatic amines is 1. The van der Waals surface area contributed by atoms with Crippen LogP contribution in [0.2, 0.25) is 0 Å². The van der Waals surface area contributed by atoms with Crippen LogP contribution in [-0.2, 0) is 10.0 Å². The van der Waals surface area contributed by atoms with E-state index in [2.05, 4.69) is 57.2 Å². The maximum atomic E-state index is 15.4. The maximum Gasteiger partial charge on any atom is 0.293 e. The van der Waals surface area contributed by atoms with Crippen molar-refractivity contribution >= 4 is 44.0 Å². The van der Waals surface area contributed by atoms with Crippen molar-refractivity contribution < 1.29 is 27.3 Å². The molecule has 7 rings (SSSR count). The van der Waals surface area contributed by atoms with E-state index in [0.29, 0.717) is 24.5 Å². The highest BCUT2D eigenvalue weighted by atomic mass is 32.2. The van der Waals surface area contributed by atoms with E-state index >= 15 is 4.39 Å². The lowest BCUT2D eigenvalue weighted by Crippen LogP contribution is -2.47. The number of aromatic nitrogens is 2. The zero-order chi connectivity index (χ0) is 43.5. The Morgan fingerprint density at radius 2 is 1.80 bits per heavy atom. The normalized spacial score (nSPS) is 18.5. The molecule has 4 aromatic rings. The number of carbonyl (C=O) groups excluding carboxylic acids is 1. The number of ether oxygens (including phenoxy) is 1. The van der Waals surface area contributed by atoms with Crippen molar-refractivity contribution in [3.8, 4) is 11.5 Å². The number of halogens is 1. The Bertz CT molecular complexity index is 2430. The molecular formula is C45H57FN8O6S. The Morgan fingerprint density at radius 1 is 1.05 bits per heavy atom. The summed E-state index contributed by atoms with van der Waals surface area (Å²) in [7, 11) is -2.72. The number of alkyl halides is 1. The van der Waals surface area contributed by atoms with Crippen LogP contribution in [0.1, 0.15) is 76.1 Å². The number of benzene rings is 2. The zero-order valence-corrected chi connectivity index (χ0v) is 36.4. The fourth-order valence-electron chi connectivity index (χ4n) is 8.52. The second kappa shape index (κ2) is 18.0. The largest absolute Gasteiger partial charge is 0.455 e. The molecule has 1 aliphatic carbocycles. The summed E-state index contributed by atoms with van der Waals surface area (Å²) in [6, 6.07) is 11.8. The van der Waals surface area contributed by atoms with Gasteiger partial charge in [-0.1, -0.05) is 44.9 Å². The second-order valence-corrected chi connectivity index (χ2v) is 19.3. The molecule has 326 valence electrons. The van der Waals surface area contributed by atoms with Crippen LogP contribution in [-0.4, -0.2) is 104 Å². The number of nitrogens with zero attached hydrogens (tertiary/aromatic N) is 5. The first-order valence-electron chi connectivity index (χ1n) is 21.1. The van der Waals surface area contributed by atoms with E-state index < -0.39 is 37.1 Å². The van der Waals surface area contributed by atoms with Crippen LogP contribution in [0.4, 0.5) is 21.5 Å². The van der Waals surface area contributed by atoms with Crippen molar-refractivity contribution in [1.29, 1.82) is 0 Å². The summed E-state index contributed by atoms with van der Waals surface area (Å²) in [6.07, 6.45) is 9.17. The predicted octanol–water partition coefficient (Wildman–Crippen LogP) is 8.21. The highest BCUT2D eigenvalue weighted by Crippen LogP contribution is 2.42. The summed E-state index contributed by atoms with van der Waals surface area (Å²) in [5, 5.41) is 15.7. The van der Waals surface area contributed by atoms with Crippen molar-refractivity contribution in [2.75, 3.05) is 69.6 Å². The molecule has 3 aliphatic rings. The summed E-state index contributed by atoms with van der Waals surface area (Å²) >= 11 is 0. The van der Waals surface area contributed by atoms with E-state index in [9.17, 15) is 23.3 Å². The van der Waals surface area contributed by atoms with Crippen molar-refractivity contribution in [2.24, 2.45) is 5.41 Å². The Morgan fingerprint density at radius 3 is 2.52 bits per heavy atom. The third-order valence-corrected chi connectivity index (χ3v) is 13.6. The molecule has 2 fully saturated rings. The summed E-state index contributed by atoms with van der Waals surface area (Å²) in [6.45, 7) is 16.3. The molecule has 0 unspecified atom stereocenters. The van der Waals surface area contributed by atoms with Crippen LogP contribution < -0.4 is 19.7 Å².